The van der Waals surface area contributed by atoms with Crippen molar-refractivity contribution in [3.8, 4) is 5.75 Å². The van der Waals surface area contributed by atoms with Gasteiger partial charge in [-0.1, -0.05) is 18.5 Å². The number of carboxylic acid groups (broad SMARTS) is 1. The van der Waals surface area contributed by atoms with Gasteiger partial charge >= 0.3 is 12.0 Å². The lowest BCUT2D eigenvalue weighted by atomic mass is 10.2. The van der Waals surface area contributed by atoms with Crippen molar-refractivity contribution in [1.29, 1.82) is 0 Å². The van der Waals surface area contributed by atoms with E-state index in [1.54, 1.807) is 25.1 Å². The molecule has 0 fully saturated rings. The first-order chi connectivity index (χ1) is 9.85. The topological polar surface area (TPSA) is 78.9 Å². The Morgan fingerprint density at radius 1 is 1.48 bits per heavy atom. The second kappa shape index (κ2) is 7.73. The monoisotopic (exact) mass is 314 g/mol. The number of nitrogens with one attached hydrogen (secondary N) is 1. The Balaban J connectivity index is 2.66. The van der Waals surface area contributed by atoms with Gasteiger partial charge in [0.1, 0.15) is 5.75 Å². The summed E-state index contributed by atoms with van der Waals surface area (Å²) in [7, 11) is 1.53. The average molecular weight is 315 g/mol. The van der Waals surface area contributed by atoms with Gasteiger partial charge in [-0.25, -0.2) is 4.79 Å². The van der Waals surface area contributed by atoms with Gasteiger partial charge in [0, 0.05) is 19.3 Å². The number of amides is 2. The average Bonchev–Trinajstić information content (AvgIpc) is 2.41. The van der Waals surface area contributed by atoms with Gasteiger partial charge in [-0.05, 0) is 25.1 Å². The van der Waals surface area contributed by atoms with Gasteiger partial charge in [-0.15, -0.1) is 0 Å². The molecule has 1 unspecified atom stereocenters. The molecule has 1 aromatic rings. The summed E-state index contributed by atoms with van der Waals surface area (Å²) in [6, 6.07) is 4.52. The van der Waals surface area contributed by atoms with Crippen molar-refractivity contribution in [2.24, 2.45) is 5.92 Å². The molecule has 1 atom stereocenters. The first-order valence-corrected chi connectivity index (χ1v) is 6.90. The van der Waals surface area contributed by atoms with Crippen molar-refractivity contribution < 1.29 is 19.4 Å². The molecule has 116 valence electrons. The fourth-order valence-electron chi connectivity index (χ4n) is 1.64. The van der Waals surface area contributed by atoms with Gasteiger partial charge in [-0.3, -0.25) is 4.79 Å². The Hall–Kier alpha value is -1.95. The van der Waals surface area contributed by atoms with Crippen LogP contribution in [0.2, 0.25) is 5.02 Å². The van der Waals surface area contributed by atoms with Gasteiger partial charge in [0.05, 0.1) is 17.5 Å². The van der Waals surface area contributed by atoms with Gasteiger partial charge < -0.3 is 20.1 Å². The van der Waals surface area contributed by atoms with E-state index in [0.29, 0.717) is 23.1 Å². The number of halogens is 1. The van der Waals surface area contributed by atoms with E-state index in [9.17, 15) is 9.59 Å². The van der Waals surface area contributed by atoms with E-state index in [0.717, 1.165) is 0 Å². The maximum Gasteiger partial charge on any atom is 0.321 e. The first kappa shape index (κ1) is 17.1. The number of benzene rings is 1. The van der Waals surface area contributed by atoms with Gasteiger partial charge in [0.2, 0.25) is 0 Å². The minimum atomic E-state index is -0.946. The third-order valence-corrected chi connectivity index (χ3v) is 3.09. The highest BCUT2D eigenvalue weighted by molar-refractivity contribution is 6.32. The third kappa shape index (κ3) is 5.15. The summed E-state index contributed by atoms with van der Waals surface area (Å²) >= 11 is 6.03. The Labute approximate surface area is 128 Å². The van der Waals surface area contributed by atoms with E-state index in [4.69, 9.17) is 21.4 Å². The minimum Gasteiger partial charge on any atom is -0.492 e. The summed E-state index contributed by atoms with van der Waals surface area (Å²) in [5.41, 5.74) is 0.517. The van der Waals surface area contributed by atoms with Gasteiger partial charge in [0.15, 0.2) is 0 Å². The number of hydrogen-bond donors (Lipinski definition) is 2. The van der Waals surface area contributed by atoms with E-state index in [1.165, 1.54) is 11.9 Å². The molecule has 7 heteroatoms. The molecule has 0 aromatic heterocycles. The second-order valence-corrected chi connectivity index (χ2v) is 5.04. The zero-order valence-corrected chi connectivity index (χ0v) is 13.0. The Morgan fingerprint density at radius 3 is 2.67 bits per heavy atom. The van der Waals surface area contributed by atoms with E-state index >= 15 is 0 Å². The molecule has 2 amide bonds. The molecule has 0 aliphatic carbocycles. The first-order valence-electron chi connectivity index (χ1n) is 6.52. The predicted molar refractivity (Wildman–Crippen MR) is 81.1 cm³/mol. The Morgan fingerprint density at radius 2 is 2.14 bits per heavy atom. The molecule has 0 spiro atoms. The summed E-state index contributed by atoms with van der Waals surface area (Å²) in [4.78, 5) is 24.0. The molecule has 0 saturated carbocycles. The van der Waals surface area contributed by atoms with Crippen molar-refractivity contribution in [2.45, 2.75) is 13.8 Å². The summed E-state index contributed by atoms with van der Waals surface area (Å²) in [5.74, 6) is -1.03. The highest BCUT2D eigenvalue weighted by atomic mass is 35.5. The number of ether oxygens (including phenoxy) is 1. The Bertz CT molecular complexity index is 522. The number of urea groups is 1. The van der Waals surface area contributed by atoms with Crippen LogP contribution in [0.25, 0.3) is 0 Å². The fraction of sp³-hybridized carbons (Fsp3) is 0.429. The number of rotatable bonds is 6. The van der Waals surface area contributed by atoms with Crippen LogP contribution in [-0.2, 0) is 4.79 Å². The summed E-state index contributed by atoms with van der Waals surface area (Å²) in [6.45, 7) is 4.01. The molecular formula is C14H19ClN2O4. The minimum absolute atomic E-state index is 0.117. The van der Waals surface area contributed by atoms with Crippen LogP contribution in [0.5, 0.6) is 5.75 Å². The highest BCUT2D eigenvalue weighted by Gasteiger charge is 2.17. The van der Waals surface area contributed by atoms with Crippen molar-refractivity contribution >= 4 is 29.3 Å². The maximum absolute atomic E-state index is 11.9. The van der Waals surface area contributed by atoms with Gasteiger partial charge in [0.25, 0.3) is 0 Å². The van der Waals surface area contributed by atoms with Crippen LogP contribution in [0, 0.1) is 5.92 Å². The lowest BCUT2D eigenvalue weighted by molar-refractivity contribution is -0.141. The number of carbonyl (C=O) groups is 2. The lowest BCUT2D eigenvalue weighted by Crippen LogP contribution is -2.36. The van der Waals surface area contributed by atoms with Crippen LogP contribution in [0.3, 0.4) is 0 Å². The van der Waals surface area contributed by atoms with Crippen molar-refractivity contribution in [1.82, 2.24) is 4.90 Å². The van der Waals surface area contributed by atoms with Crippen molar-refractivity contribution in [3.63, 3.8) is 0 Å². The molecule has 6 nitrogen and oxygen atoms in total. The maximum atomic E-state index is 11.9. The number of carboxylic acids is 1. The number of nitrogens with zero attached hydrogens (tertiary/aromatic N) is 1. The molecule has 1 rings (SSSR count). The SMILES string of the molecule is CCOc1ccc(NC(=O)N(C)CC(C)C(=O)O)cc1Cl. The third-order valence-electron chi connectivity index (χ3n) is 2.80. The quantitative estimate of drug-likeness (QED) is 0.846. The zero-order chi connectivity index (χ0) is 16.0. The smallest absolute Gasteiger partial charge is 0.321 e. The second-order valence-electron chi connectivity index (χ2n) is 4.63. The van der Waals surface area contributed by atoms with Crippen LogP contribution in [0.15, 0.2) is 18.2 Å². The normalized spacial score (nSPS) is 11.6. The molecule has 21 heavy (non-hydrogen) atoms. The zero-order valence-electron chi connectivity index (χ0n) is 12.2. The number of anilines is 1. The molecule has 0 aliphatic heterocycles. The van der Waals surface area contributed by atoms with E-state index in [1.807, 2.05) is 6.92 Å². The fourth-order valence-corrected chi connectivity index (χ4v) is 1.88. The largest absolute Gasteiger partial charge is 0.492 e. The van der Waals surface area contributed by atoms with Crippen molar-refractivity contribution in [3.05, 3.63) is 23.2 Å². The summed E-state index contributed by atoms with van der Waals surface area (Å²) in [6.07, 6.45) is 0. The highest BCUT2D eigenvalue weighted by Crippen LogP contribution is 2.27. The standard InChI is InChI=1S/C14H19ClN2O4/c1-4-21-12-6-5-10(7-11(12)15)16-14(20)17(3)8-9(2)13(18)19/h5-7,9H,4,8H2,1-3H3,(H,16,20)(H,18,19). The molecule has 2 N–H and O–H groups in total. The summed E-state index contributed by atoms with van der Waals surface area (Å²) in [5, 5.41) is 11.9. The van der Waals surface area contributed by atoms with Crippen molar-refractivity contribution in [2.75, 3.05) is 25.5 Å². The predicted octanol–water partition coefficient (Wildman–Crippen LogP) is 2.92. The number of hydrogen-bond acceptors (Lipinski definition) is 3. The van der Waals surface area contributed by atoms with E-state index in [2.05, 4.69) is 5.32 Å². The van der Waals surface area contributed by atoms with E-state index < -0.39 is 17.9 Å². The summed E-state index contributed by atoms with van der Waals surface area (Å²) < 4.78 is 5.30. The molecule has 0 bridgehead atoms. The Kier molecular flexibility index (Phi) is 6.30. The van der Waals surface area contributed by atoms with Gasteiger partial charge in [-0.2, -0.15) is 0 Å². The van der Waals surface area contributed by atoms with Crippen LogP contribution in [0.1, 0.15) is 13.8 Å². The molecular weight excluding hydrogens is 296 g/mol. The molecule has 0 saturated heterocycles. The molecule has 0 radical (unpaired) electrons. The molecule has 0 aliphatic rings. The van der Waals surface area contributed by atoms with Crippen LogP contribution in [0.4, 0.5) is 10.5 Å². The number of aliphatic carboxylic acids is 1. The molecule has 0 heterocycles. The molecule has 1 aromatic carbocycles. The van der Waals surface area contributed by atoms with Crippen LogP contribution >= 0.6 is 11.6 Å². The van der Waals surface area contributed by atoms with Crippen LogP contribution < -0.4 is 10.1 Å². The van der Waals surface area contributed by atoms with Crippen LogP contribution in [-0.4, -0.2) is 42.2 Å². The lowest BCUT2D eigenvalue weighted by Gasteiger charge is -2.20. The van der Waals surface area contributed by atoms with E-state index in [-0.39, 0.29) is 6.54 Å². The number of carbonyl (C=O) groups excluding carboxylic acids is 1.